The first-order chi connectivity index (χ1) is 22.0. The highest BCUT2D eigenvalue weighted by Crippen LogP contribution is 2.36. The lowest BCUT2D eigenvalue weighted by Gasteiger charge is -2.05. The van der Waals surface area contributed by atoms with Crippen molar-refractivity contribution >= 4 is 84.4 Å². The van der Waals surface area contributed by atoms with Gasteiger partial charge in [-0.3, -0.25) is 0 Å². The van der Waals surface area contributed by atoms with Gasteiger partial charge in [0.2, 0.25) is 17.3 Å². The number of thiophene rings is 3. The Balaban J connectivity index is 1.33. The third-order valence-corrected chi connectivity index (χ3v) is 11.7. The Bertz CT molecular complexity index is 2480. The van der Waals surface area contributed by atoms with Crippen LogP contribution in [-0.2, 0) is 0 Å². The molecule has 45 heavy (non-hydrogen) atoms. The molecule has 9 heteroatoms. The van der Waals surface area contributed by atoms with E-state index in [0.717, 1.165) is 50.4 Å². The maximum atomic E-state index is 5.27. The van der Waals surface area contributed by atoms with E-state index in [9.17, 15) is 0 Å². The molecule has 10 rings (SSSR count). The molecule has 0 aliphatic heterocycles. The molecule has 10 aromatic rings. The van der Waals surface area contributed by atoms with Crippen LogP contribution in [0.2, 0.25) is 0 Å². The third kappa shape index (κ3) is 3.69. The highest BCUT2D eigenvalue weighted by Gasteiger charge is 2.22. The second-order valence-corrected chi connectivity index (χ2v) is 15.4. The zero-order chi connectivity index (χ0) is 30.0. The molecule has 0 radical (unpaired) electrons. The molecular weight excluding hydrogens is 613 g/mol. The molecule has 0 unspecified atom stereocenters. The molecule has 0 amide bonds. The summed E-state index contributed by atoms with van der Waals surface area (Å²) in [5, 5.41) is 0. The Hall–Kier alpha value is -4.83. The van der Waals surface area contributed by atoms with Crippen LogP contribution in [0.3, 0.4) is 0 Å². The Morgan fingerprint density at radius 3 is 0.978 bits per heavy atom. The van der Waals surface area contributed by atoms with Gasteiger partial charge < -0.3 is 0 Å². The third-order valence-electron chi connectivity index (χ3n) is 8.58. The van der Waals surface area contributed by atoms with Crippen molar-refractivity contribution in [2.75, 3.05) is 0 Å². The monoisotopic (exact) mass is 636 g/mol. The van der Waals surface area contributed by atoms with Crippen LogP contribution >= 0.6 is 34.0 Å². The van der Waals surface area contributed by atoms with Gasteiger partial charge in [-0.15, -0.1) is 34.0 Å². The molecule has 0 spiro atoms. The van der Waals surface area contributed by atoms with Crippen molar-refractivity contribution < 1.29 is 0 Å². The van der Waals surface area contributed by atoms with Gasteiger partial charge in [-0.25, -0.2) is 28.2 Å². The van der Waals surface area contributed by atoms with E-state index in [1.165, 1.54) is 46.0 Å². The van der Waals surface area contributed by atoms with Crippen LogP contribution in [-0.4, -0.2) is 28.2 Å². The first kappa shape index (κ1) is 25.5. The highest BCUT2D eigenvalue weighted by atomic mass is 32.1. The molecule has 7 aromatic heterocycles. The van der Waals surface area contributed by atoms with Crippen LogP contribution in [0, 0.1) is 20.8 Å². The zero-order valence-corrected chi connectivity index (χ0v) is 27.0. The van der Waals surface area contributed by atoms with E-state index in [2.05, 4.69) is 125 Å². The number of aryl methyl sites for hydroxylation is 3. The van der Waals surface area contributed by atoms with Crippen LogP contribution < -0.4 is 0 Å². The fourth-order valence-corrected chi connectivity index (χ4v) is 9.06. The molecule has 216 valence electrons. The molecule has 6 nitrogen and oxygen atoms in total. The average molecular weight is 637 g/mol. The van der Waals surface area contributed by atoms with Gasteiger partial charge in [0, 0.05) is 29.3 Å². The van der Waals surface area contributed by atoms with Gasteiger partial charge in [-0.2, -0.15) is 0 Å². The summed E-state index contributed by atoms with van der Waals surface area (Å²) in [5.41, 5.74) is 9.38. The summed E-state index contributed by atoms with van der Waals surface area (Å²) >= 11 is 5.41. The van der Waals surface area contributed by atoms with Gasteiger partial charge in [0.25, 0.3) is 0 Å². The van der Waals surface area contributed by atoms with Crippen LogP contribution in [0.5, 0.6) is 0 Å². The highest BCUT2D eigenvalue weighted by molar-refractivity contribution is 7.16. The van der Waals surface area contributed by atoms with Crippen LogP contribution in [0.25, 0.3) is 81.8 Å². The summed E-state index contributed by atoms with van der Waals surface area (Å²) in [5.74, 6) is 2.41. The molecule has 0 fully saturated rings. The molecule has 0 aliphatic carbocycles. The summed E-state index contributed by atoms with van der Waals surface area (Å²) in [6, 6.07) is 32.8. The van der Waals surface area contributed by atoms with E-state index < -0.39 is 0 Å². The maximum absolute atomic E-state index is 5.27. The molecule has 0 aliphatic rings. The summed E-state index contributed by atoms with van der Waals surface area (Å²) < 4.78 is 6.58. The largest absolute Gasteiger partial charge is 0.247 e. The number of fused-ring (bicyclic) bond motifs is 12. The van der Waals surface area contributed by atoms with E-state index in [1.807, 2.05) is 0 Å². The van der Waals surface area contributed by atoms with E-state index in [4.69, 9.17) is 15.0 Å². The van der Waals surface area contributed by atoms with E-state index >= 15 is 0 Å². The smallest absolute Gasteiger partial charge is 0.225 e. The molecule has 0 saturated carbocycles. The summed E-state index contributed by atoms with van der Waals surface area (Å²) in [7, 11) is 0. The SMILES string of the molecule is Cc1ccc(-c2ccc3c(c2)nc2n3c3nc4cc(-c5ccc(C)s5)ccc4n3c3nc4cc(-c5ccc(C)s5)ccc4n23)s1. The second kappa shape index (κ2) is 9.10. The topological polar surface area (TPSA) is 51.9 Å². The predicted molar refractivity (Wildman–Crippen MR) is 189 cm³/mol. The molecule has 3 aromatic carbocycles. The molecular formula is C36H24N6S3. The zero-order valence-electron chi connectivity index (χ0n) is 24.6. The standard InChI is InChI=1S/C36H24N6S3/c1-19-4-13-31(43-19)22-7-10-28-25(16-22)37-34-40(28)35-38-27-18-24(33-15-6-21(3)45-33)9-12-30(27)42(35)36-39-26-17-23(8-11-29(26)41(34)36)32-14-5-20(2)44-32/h4-18H,1-3H3. The Morgan fingerprint density at radius 2 is 0.711 bits per heavy atom. The number of hydrogen-bond donors (Lipinski definition) is 0. The fourth-order valence-electron chi connectivity index (χ4n) is 6.47. The summed E-state index contributed by atoms with van der Waals surface area (Å²) in [6.45, 7) is 6.44. The minimum Gasteiger partial charge on any atom is -0.247 e. The first-order valence-corrected chi connectivity index (χ1v) is 17.2. The van der Waals surface area contributed by atoms with Gasteiger partial charge in [0.1, 0.15) is 0 Å². The summed E-state index contributed by atoms with van der Waals surface area (Å²) in [6.07, 6.45) is 0. The second-order valence-electron chi connectivity index (χ2n) is 11.6. The number of hydrogen-bond acceptors (Lipinski definition) is 6. The molecule has 0 saturated heterocycles. The minimum atomic E-state index is 0.804. The number of aromatic nitrogens is 6. The quantitative estimate of drug-likeness (QED) is 0.194. The Kier molecular flexibility index (Phi) is 5.16. The van der Waals surface area contributed by atoms with Gasteiger partial charge in [-0.1, -0.05) is 18.2 Å². The normalized spacial score (nSPS) is 12.3. The van der Waals surface area contributed by atoms with Crippen molar-refractivity contribution in [3.63, 3.8) is 0 Å². The van der Waals surface area contributed by atoms with Crippen molar-refractivity contribution in [3.05, 3.63) is 106 Å². The molecule has 0 atom stereocenters. The molecule has 0 bridgehead atoms. The average Bonchev–Trinajstić information content (AvgIpc) is 3.88. The minimum absolute atomic E-state index is 0.804. The Labute approximate surface area is 269 Å². The molecule has 0 N–H and O–H groups in total. The van der Waals surface area contributed by atoms with E-state index in [1.54, 1.807) is 34.0 Å². The number of imidazole rings is 3. The van der Waals surface area contributed by atoms with E-state index in [0.29, 0.717) is 0 Å². The van der Waals surface area contributed by atoms with Gasteiger partial charge in [0.05, 0.1) is 33.1 Å². The van der Waals surface area contributed by atoms with Crippen molar-refractivity contribution in [2.45, 2.75) is 20.8 Å². The van der Waals surface area contributed by atoms with Crippen molar-refractivity contribution in [1.82, 2.24) is 28.2 Å². The van der Waals surface area contributed by atoms with Crippen LogP contribution in [0.1, 0.15) is 14.6 Å². The number of rotatable bonds is 3. The van der Waals surface area contributed by atoms with Crippen molar-refractivity contribution in [1.29, 1.82) is 0 Å². The lowest BCUT2D eigenvalue weighted by molar-refractivity contribution is 1.01. The van der Waals surface area contributed by atoms with Gasteiger partial charge >= 0.3 is 0 Å². The van der Waals surface area contributed by atoms with E-state index in [-0.39, 0.29) is 0 Å². The van der Waals surface area contributed by atoms with Crippen LogP contribution in [0.4, 0.5) is 0 Å². The number of benzene rings is 3. The fraction of sp³-hybridized carbons (Fsp3) is 0.0833. The lowest BCUT2D eigenvalue weighted by Crippen LogP contribution is -2.04. The summed E-state index contributed by atoms with van der Waals surface area (Å²) in [4.78, 5) is 23.4. The predicted octanol–water partition coefficient (Wildman–Crippen LogP) is 10.2. The van der Waals surface area contributed by atoms with Gasteiger partial charge in [-0.05, 0) is 110 Å². The van der Waals surface area contributed by atoms with Crippen molar-refractivity contribution in [2.24, 2.45) is 0 Å². The van der Waals surface area contributed by atoms with Gasteiger partial charge in [0.15, 0.2) is 0 Å². The maximum Gasteiger partial charge on any atom is 0.225 e. The van der Waals surface area contributed by atoms with Crippen molar-refractivity contribution in [3.8, 4) is 31.3 Å². The molecule has 7 heterocycles. The lowest BCUT2D eigenvalue weighted by atomic mass is 10.1. The first-order valence-electron chi connectivity index (χ1n) is 14.8. The van der Waals surface area contributed by atoms with Crippen LogP contribution in [0.15, 0.2) is 91.0 Å². The number of nitrogens with zero attached hydrogens (tertiary/aromatic N) is 6. The Morgan fingerprint density at radius 1 is 0.400 bits per heavy atom.